The molecule has 2 aromatic carbocycles. The van der Waals surface area contributed by atoms with E-state index in [9.17, 15) is 0 Å². The van der Waals surface area contributed by atoms with E-state index in [1.807, 2.05) is 42.1 Å². The maximum absolute atomic E-state index is 6.26. The molecule has 0 saturated carbocycles. The van der Waals surface area contributed by atoms with Gasteiger partial charge in [0, 0.05) is 27.4 Å². The first kappa shape index (κ1) is 13.3. The zero-order chi connectivity index (χ0) is 13.2. The highest BCUT2D eigenvalue weighted by Gasteiger charge is 2.29. The molecular formula is C15H12Cl2NS. The molecule has 1 heterocycles. The molecule has 1 fully saturated rings. The van der Waals surface area contributed by atoms with Gasteiger partial charge in [0.15, 0.2) is 0 Å². The monoisotopic (exact) mass is 308 g/mol. The van der Waals surface area contributed by atoms with Crippen molar-refractivity contribution < 1.29 is 0 Å². The number of halogens is 2. The highest BCUT2D eigenvalue weighted by atomic mass is 35.5. The SMILES string of the molecule is Clc1cccc(Cl)c1C1CSC(c2cc[c]cc2)N1. The first-order valence-corrected chi connectivity index (χ1v) is 7.84. The third-order valence-corrected chi connectivity index (χ3v) is 5.10. The summed E-state index contributed by atoms with van der Waals surface area (Å²) in [7, 11) is 0. The van der Waals surface area contributed by atoms with E-state index in [1.165, 1.54) is 5.56 Å². The summed E-state index contributed by atoms with van der Waals surface area (Å²) in [6.07, 6.45) is 0. The molecule has 3 rings (SSSR count). The molecule has 0 amide bonds. The number of benzene rings is 2. The molecule has 2 aromatic rings. The highest BCUT2D eigenvalue weighted by Crippen LogP contribution is 2.42. The summed E-state index contributed by atoms with van der Waals surface area (Å²) in [6, 6.07) is 16.9. The molecule has 1 N–H and O–H groups in total. The molecule has 1 aliphatic rings. The van der Waals surface area contributed by atoms with E-state index in [0.717, 1.165) is 21.4 Å². The largest absolute Gasteiger partial charge is 0.294 e. The standard InChI is InChI=1S/C15H12Cl2NS/c16-11-7-4-8-12(17)14(11)13-9-19-15(18-13)10-5-2-1-3-6-10/h2-8,13,15,18H,9H2. The Kier molecular flexibility index (Phi) is 4.04. The fourth-order valence-corrected chi connectivity index (χ4v) is 4.17. The van der Waals surface area contributed by atoms with Crippen molar-refractivity contribution in [2.45, 2.75) is 11.4 Å². The van der Waals surface area contributed by atoms with Gasteiger partial charge in [0.05, 0.1) is 5.37 Å². The minimum absolute atomic E-state index is 0.195. The summed E-state index contributed by atoms with van der Waals surface area (Å²) in [6.45, 7) is 0. The predicted octanol–water partition coefficient (Wildman–Crippen LogP) is 4.87. The highest BCUT2D eigenvalue weighted by molar-refractivity contribution is 7.99. The van der Waals surface area contributed by atoms with Gasteiger partial charge in [-0.2, -0.15) is 0 Å². The van der Waals surface area contributed by atoms with Gasteiger partial charge in [-0.25, -0.2) is 0 Å². The lowest BCUT2D eigenvalue weighted by atomic mass is 10.1. The van der Waals surface area contributed by atoms with Crippen LogP contribution in [0.2, 0.25) is 10.0 Å². The van der Waals surface area contributed by atoms with Crippen LogP contribution in [-0.4, -0.2) is 5.75 Å². The van der Waals surface area contributed by atoms with Crippen LogP contribution in [0.4, 0.5) is 0 Å². The summed E-state index contributed by atoms with van der Waals surface area (Å²) in [5.41, 5.74) is 2.26. The van der Waals surface area contributed by atoms with Crippen molar-refractivity contribution in [3.05, 3.63) is 69.7 Å². The second kappa shape index (κ2) is 5.76. The molecule has 4 heteroatoms. The van der Waals surface area contributed by atoms with Gasteiger partial charge < -0.3 is 0 Å². The molecule has 0 spiro atoms. The second-order valence-corrected chi connectivity index (χ2v) is 6.35. The third kappa shape index (κ3) is 2.77. The molecule has 1 nitrogen and oxygen atoms in total. The maximum atomic E-state index is 6.26. The quantitative estimate of drug-likeness (QED) is 0.849. The van der Waals surface area contributed by atoms with Gasteiger partial charge in [-0.3, -0.25) is 5.32 Å². The Bertz CT molecular complexity index is 553. The average molecular weight is 309 g/mol. The Labute approximate surface area is 127 Å². The van der Waals surface area contributed by atoms with Crippen molar-refractivity contribution in [2.24, 2.45) is 0 Å². The summed E-state index contributed by atoms with van der Waals surface area (Å²) in [5.74, 6) is 0.965. The van der Waals surface area contributed by atoms with E-state index in [4.69, 9.17) is 23.2 Å². The van der Waals surface area contributed by atoms with Gasteiger partial charge in [-0.15, -0.1) is 11.8 Å². The number of rotatable bonds is 2. The van der Waals surface area contributed by atoms with Crippen molar-refractivity contribution in [2.75, 3.05) is 5.75 Å². The molecule has 1 saturated heterocycles. The van der Waals surface area contributed by atoms with Crippen LogP contribution in [0.1, 0.15) is 22.5 Å². The molecule has 0 aromatic heterocycles. The molecule has 2 atom stereocenters. The molecule has 97 valence electrons. The molecule has 0 bridgehead atoms. The lowest BCUT2D eigenvalue weighted by Gasteiger charge is -2.16. The lowest BCUT2D eigenvalue weighted by Crippen LogP contribution is -2.18. The first-order chi connectivity index (χ1) is 9.25. The molecular weight excluding hydrogens is 297 g/mol. The third-order valence-electron chi connectivity index (χ3n) is 3.18. The van der Waals surface area contributed by atoms with Crippen molar-refractivity contribution >= 4 is 35.0 Å². The van der Waals surface area contributed by atoms with Gasteiger partial charge in [0.25, 0.3) is 0 Å². The van der Waals surface area contributed by atoms with Crippen LogP contribution in [0.25, 0.3) is 0 Å². The number of hydrogen-bond acceptors (Lipinski definition) is 2. The minimum atomic E-state index is 0.195. The van der Waals surface area contributed by atoms with Crippen LogP contribution >= 0.6 is 35.0 Å². The minimum Gasteiger partial charge on any atom is -0.294 e. The predicted molar refractivity (Wildman–Crippen MR) is 82.8 cm³/mol. The van der Waals surface area contributed by atoms with Gasteiger partial charge in [0.1, 0.15) is 0 Å². The smallest absolute Gasteiger partial charge is 0.0795 e. The Morgan fingerprint density at radius 1 is 1.11 bits per heavy atom. The number of thioether (sulfide) groups is 1. The van der Waals surface area contributed by atoms with E-state index in [-0.39, 0.29) is 11.4 Å². The van der Waals surface area contributed by atoms with Crippen LogP contribution in [0.5, 0.6) is 0 Å². The lowest BCUT2D eigenvalue weighted by molar-refractivity contribution is 0.605. The summed E-state index contributed by atoms with van der Waals surface area (Å²) < 4.78 is 0. The molecule has 19 heavy (non-hydrogen) atoms. The molecule has 1 aliphatic heterocycles. The Morgan fingerprint density at radius 2 is 1.79 bits per heavy atom. The van der Waals surface area contributed by atoms with Crippen molar-refractivity contribution in [1.29, 1.82) is 0 Å². The summed E-state index contributed by atoms with van der Waals surface area (Å²) in [4.78, 5) is 0. The van der Waals surface area contributed by atoms with Crippen molar-refractivity contribution in [3.8, 4) is 0 Å². The van der Waals surface area contributed by atoms with Crippen LogP contribution in [0, 0.1) is 6.07 Å². The molecule has 2 unspecified atom stereocenters. The van der Waals surface area contributed by atoms with E-state index in [2.05, 4.69) is 23.5 Å². The van der Waals surface area contributed by atoms with Crippen LogP contribution in [-0.2, 0) is 0 Å². The fraction of sp³-hybridized carbons (Fsp3) is 0.200. The summed E-state index contributed by atoms with van der Waals surface area (Å²) >= 11 is 14.4. The van der Waals surface area contributed by atoms with Gasteiger partial charge >= 0.3 is 0 Å². The van der Waals surface area contributed by atoms with Crippen LogP contribution in [0.15, 0.2) is 42.5 Å². The zero-order valence-electron chi connectivity index (χ0n) is 10.1. The first-order valence-electron chi connectivity index (χ1n) is 6.03. The fourth-order valence-electron chi connectivity index (χ4n) is 2.25. The zero-order valence-corrected chi connectivity index (χ0v) is 12.4. The van der Waals surface area contributed by atoms with Crippen molar-refractivity contribution in [3.63, 3.8) is 0 Å². The maximum Gasteiger partial charge on any atom is 0.0795 e. The Hall–Kier alpha value is -0.670. The van der Waals surface area contributed by atoms with Crippen LogP contribution < -0.4 is 5.32 Å². The number of hydrogen-bond donors (Lipinski definition) is 1. The van der Waals surface area contributed by atoms with Crippen molar-refractivity contribution in [1.82, 2.24) is 5.32 Å². The Morgan fingerprint density at radius 3 is 2.47 bits per heavy atom. The topological polar surface area (TPSA) is 12.0 Å². The summed E-state index contributed by atoms with van der Waals surface area (Å²) in [5, 5.41) is 5.33. The number of nitrogens with one attached hydrogen (secondary N) is 1. The van der Waals surface area contributed by atoms with Gasteiger partial charge in [-0.1, -0.05) is 53.5 Å². The molecule has 0 aliphatic carbocycles. The van der Waals surface area contributed by atoms with E-state index in [1.54, 1.807) is 0 Å². The van der Waals surface area contributed by atoms with Gasteiger partial charge in [-0.05, 0) is 23.8 Å². The van der Waals surface area contributed by atoms with Crippen LogP contribution in [0.3, 0.4) is 0 Å². The second-order valence-electron chi connectivity index (χ2n) is 4.40. The van der Waals surface area contributed by atoms with E-state index in [0.29, 0.717) is 0 Å². The molecule has 1 radical (unpaired) electrons. The van der Waals surface area contributed by atoms with E-state index < -0.39 is 0 Å². The average Bonchev–Trinajstić information content (AvgIpc) is 2.89. The van der Waals surface area contributed by atoms with E-state index >= 15 is 0 Å². The normalized spacial score (nSPS) is 22.6. The Balaban J connectivity index is 1.83. The van der Waals surface area contributed by atoms with Gasteiger partial charge in [0.2, 0.25) is 0 Å².